The van der Waals surface area contributed by atoms with Crippen molar-refractivity contribution in [2.24, 2.45) is 0 Å². The Morgan fingerprint density at radius 2 is 1.58 bits per heavy atom. The van der Waals surface area contributed by atoms with Gasteiger partial charge < -0.3 is 14.8 Å². The second kappa shape index (κ2) is 11.0. The Bertz CT molecular complexity index is 690. The lowest BCUT2D eigenvalue weighted by molar-refractivity contribution is -0.111. The first-order chi connectivity index (χ1) is 12.7. The van der Waals surface area contributed by atoms with Gasteiger partial charge in [0.15, 0.2) is 0 Å². The van der Waals surface area contributed by atoms with Gasteiger partial charge in [-0.3, -0.25) is 4.79 Å². The van der Waals surface area contributed by atoms with Crippen molar-refractivity contribution in [3.8, 4) is 11.5 Å². The molecule has 1 amide bonds. The molecule has 0 saturated carbocycles. The average molecular weight is 353 g/mol. The van der Waals surface area contributed by atoms with E-state index in [1.165, 1.54) is 18.9 Å². The summed E-state index contributed by atoms with van der Waals surface area (Å²) in [5, 5.41) is 2.84. The molecule has 0 aliphatic rings. The molecule has 0 saturated heterocycles. The first-order valence-corrected chi connectivity index (χ1v) is 9.16. The van der Waals surface area contributed by atoms with Crippen LogP contribution in [0.3, 0.4) is 0 Å². The van der Waals surface area contributed by atoms with Gasteiger partial charge in [-0.15, -0.1) is 0 Å². The Kier molecular flexibility index (Phi) is 8.27. The van der Waals surface area contributed by atoms with Crippen molar-refractivity contribution in [2.45, 2.75) is 33.1 Å². The smallest absolute Gasteiger partial charge is 0.248 e. The highest BCUT2D eigenvalue weighted by Crippen LogP contribution is 2.17. The van der Waals surface area contributed by atoms with Crippen molar-refractivity contribution in [3.05, 3.63) is 60.2 Å². The Labute approximate surface area is 155 Å². The quantitative estimate of drug-likeness (QED) is 0.465. The maximum Gasteiger partial charge on any atom is 0.248 e. The molecule has 138 valence electrons. The molecule has 0 heterocycles. The number of benzene rings is 2. The summed E-state index contributed by atoms with van der Waals surface area (Å²) in [6, 6.07) is 15.0. The summed E-state index contributed by atoms with van der Waals surface area (Å²) >= 11 is 0. The van der Waals surface area contributed by atoms with Crippen LogP contribution in [-0.2, 0) is 4.79 Å². The first kappa shape index (κ1) is 19.6. The molecule has 2 aromatic rings. The third-order valence-corrected chi connectivity index (χ3v) is 3.76. The molecule has 0 atom stereocenters. The van der Waals surface area contributed by atoms with Gasteiger partial charge in [-0.05, 0) is 61.4 Å². The number of amides is 1. The van der Waals surface area contributed by atoms with Gasteiger partial charge >= 0.3 is 0 Å². The van der Waals surface area contributed by atoms with Gasteiger partial charge in [0.2, 0.25) is 5.91 Å². The highest BCUT2D eigenvalue weighted by molar-refractivity contribution is 6.01. The second-order valence-electron chi connectivity index (χ2n) is 5.90. The van der Waals surface area contributed by atoms with Crippen LogP contribution in [-0.4, -0.2) is 19.1 Å². The van der Waals surface area contributed by atoms with Crippen molar-refractivity contribution in [1.29, 1.82) is 0 Å². The highest BCUT2D eigenvalue weighted by Gasteiger charge is 2.00. The second-order valence-corrected chi connectivity index (χ2v) is 5.90. The topological polar surface area (TPSA) is 47.6 Å². The number of hydrogen-bond donors (Lipinski definition) is 1. The molecule has 0 unspecified atom stereocenters. The number of anilines is 1. The maximum absolute atomic E-state index is 12.0. The number of unbranched alkanes of at least 4 members (excludes halogenated alkanes) is 2. The Morgan fingerprint density at radius 3 is 2.23 bits per heavy atom. The third-order valence-electron chi connectivity index (χ3n) is 3.76. The summed E-state index contributed by atoms with van der Waals surface area (Å²) in [6.45, 7) is 5.48. The van der Waals surface area contributed by atoms with E-state index in [2.05, 4.69) is 12.2 Å². The number of carbonyl (C=O) groups is 1. The molecule has 0 aliphatic carbocycles. The van der Waals surface area contributed by atoms with E-state index in [1.54, 1.807) is 6.08 Å². The van der Waals surface area contributed by atoms with Crippen LogP contribution >= 0.6 is 0 Å². The number of hydrogen-bond acceptors (Lipinski definition) is 3. The minimum absolute atomic E-state index is 0.171. The van der Waals surface area contributed by atoms with Crippen LogP contribution in [0.4, 0.5) is 5.69 Å². The molecule has 2 aromatic carbocycles. The predicted molar refractivity (Wildman–Crippen MR) is 107 cm³/mol. The molecule has 0 radical (unpaired) electrons. The van der Waals surface area contributed by atoms with Crippen LogP contribution in [0.15, 0.2) is 54.6 Å². The van der Waals surface area contributed by atoms with E-state index >= 15 is 0 Å². The molecule has 4 heteroatoms. The molecule has 0 spiro atoms. The molecule has 26 heavy (non-hydrogen) atoms. The summed E-state index contributed by atoms with van der Waals surface area (Å²) < 4.78 is 11.1. The Hall–Kier alpha value is -2.75. The fraction of sp³-hybridized carbons (Fsp3) is 0.318. The summed E-state index contributed by atoms with van der Waals surface area (Å²) in [5.74, 6) is 1.48. The van der Waals surface area contributed by atoms with Crippen LogP contribution < -0.4 is 14.8 Å². The number of carbonyl (C=O) groups excluding carboxylic acids is 1. The summed E-state index contributed by atoms with van der Waals surface area (Å²) in [5.41, 5.74) is 1.69. The molecule has 2 rings (SSSR count). The Morgan fingerprint density at radius 1 is 0.923 bits per heavy atom. The maximum atomic E-state index is 12.0. The molecular weight excluding hydrogens is 326 g/mol. The molecule has 4 nitrogen and oxygen atoms in total. The van der Waals surface area contributed by atoms with Crippen LogP contribution in [0.25, 0.3) is 6.08 Å². The van der Waals surface area contributed by atoms with Crippen molar-refractivity contribution >= 4 is 17.7 Å². The van der Waals surface area contributed by atoms with Gasteiger partial charge in [-0.2, -0.15) is 0 Å². The minimum atomic E-state index is -0.171. The predicted octanol–water partition coefficient (Wildman–Crippen LogP) is 5.31. The molecule has 0 bridgehead atoms. The van der Waals surface area contributed by atoms with E-state index in [1.807, 2.05) is 55.5 Å². The van der Waals surface area contributed by atoms with Crippen LogP contribution in [0.1, 0.15) is 38.7 Å². The lowest BCUT2D eigenvalue weighted by Gasteiger charge is -2.07. The van der Waals surface area contributed by atoms with Crippen molar-refractivity contribution in [3.63, 3.8) is 0 Å². The summed E-state index contributed by atoms with van der Waals surface area (Å²) in [6.07, 6.45) is 6.71. The zero-order valence-corrected chi connectivity index (χ0v) is 15.5. The largest absolute Gasteiger partial charge is 0.494 e. The zero-order chi connectivity index (χ0) is 18.6. The van der Waals surface area contributed by atoms with Crippen molar-refractivity contribution < 1.29 is 14.3 Å². The molecule has 0 fully saturated rings. The van der Waals surface area contributed by atoms with E-state index in [0.29, 0.717) is 6.61 Å². The lowest BCUT2D eigenvalue weighted by Crippen LogP contribution is -2.07. The van der Waals surface area contributed by atoms with Gasteiger partial charge in [0.1, 0.15) is 11.5 Å². The normalized spacial score (nSPS) is 10.7. The van der Waals surface area contributed by atoms with E-state index in [0.717, 1.165) is 35.8 Å². The summed E-state index contributed by atoms with van der Waals surface area (Å²) in [7, 11) is 0. The van der Waals surface area contributed by atoms with E-state index in [9.17, 15) is 4.79 Å². The lowest BCUT2D eigenvalue weighted by atomic mass is 10.2. The van der Waals surface area contributed by atoms with Gasteiger partial charge in [0, 0.05) is 11.8 Å². The fourth-order valence-corrected chi connectivity index (χ4v) is 2.37. The SMILES string of the molecule is CCCCCOc1ccc(NC(=O)/C=C/c2ccc(OCC)cc2)cc1. The fourth-order valence-electron chi connectivity index (χ4n) is 2.37. The Balaban J connectivity index is 1.81. The third kappa shape index (κ3) is 7.01. The van der Waals surface area contributed by atoms with Crippen molar-refractivity contribution in [2.75, 3.05) is 18.5 Å². The molecule has 0 aromatic heterocycles. The average Bonchev–Trinajstić information content (AvgIpc) is 2.66. The minimum Gasteiger partial charge on any atom is -0.494 e. The first-order valence-electron chi connectivity index (χ1n) is 9.16. The molecule has 1 N–H and O–H groups in total. The van der Waals surface area contributed by atoms with Crippen molar-refractivity contribution in [1.82, 2.24) is 0 Å². The van der Waals surface area contributed by atoms with Gasteiger partial charge in [0.25, 0.3) is 0 Å². The van der Waals surface area contributed by atoms with E-state index in [4.69, 9.17) is 9.47 Å². The van der Waals surface area contributed by atoms with Gasteiger partial charge in [-0.1, -0.05) is 31.9 Å². The highest BCUT2D eigenvalue weighted by atomic mass is 16.5. The summed E-state index contributed by atoms with van der Waals surface area (Å²) in [4.78, 5) is 12.0. The molecular formula is C22H27NO3. The molecule has 0 aliphatic heterocycles. The van der Waals surface area contributed by atoms with E-state index in [-0.39, 0.29) is 5.91 Å². The van der Waals surface area contributed by atoms with Crippen LogP contribution in [0, 0.1) is 0 Å². The van der Waals surface area contributed by atoms with E-state index < -0.39 is 0 Å². The standard InChI is InChI=1S/C22H27NO3/c1-3-5-6-17-26-21-14-10-19(11-15-21)23-22(24)16-9-18-7-12-20(13-8-18)25-4-2/h7-16H,3-6,17H2,1-2H3,(H,23,24)/b16-9+. The number of nitrogens with one attached hydrogen (secondary N) is 1. The monoisotopic (exact) mass is 353 g/mol. The van der Waals surface area contributed by atoms with Crippen LogP contribution in [0.5, 0.6) is 11.5 Å². The number of ether oxygens (including phenoxy) is 2. The van der Waals surface area contributed by atoms with Crippen LogP contribution in [0.2, 0.25) is 0 Å². The zero-order valence-electron chi connectivity index (χ0n) is 15.5. The number of rotatable bonds is 10. The van der Waals surface area contributed by atoms with Gasteiger partial charge in [0.05, 0.1) is 13.2 Å². The van der Waals surface area contributed by atoms with Gasteiger partial charge in [-0.25, -0.2) is 0 Å².